The number of nitrogens with zero attached hydrogens (tertiary/aromatic N) is 3. The van der Waals surface area contributed by atoms with Crippen LogP contribution in [-0.4, -0.2) is 59.0 Å². The first-order chi connectivity index (χ1) is 17.9. The van der Waals surface area contributed by atoms with Gasteiger partial charge in [-0.15, -0.1) is 0 Å². The number of ether oxygens (including phenoxy) is 1. The number of allylic oxidation sites excluding steroid dienone is 1. The van der Waals surface area contributed by atoms with Crippen molar-refractivity contribution in [3.63, 3.8) is 0 Å². The first-order valence-electron chi connectivity index (χ1n) is 12.2. The number of benzene rings is 1. The number of aromatic nitrogens is 3. The van der Waals surface area contributed by atoms with Gasteiger partial charge >= 0.3 is 0 Å². The normalized spacial score (nSPS) is 17.9. The fraction of sp³-hybridized carbons (Fsp3) is 0.346. The molecule has 1 aliphatic heterocycles. The van der Waals surface area contributed by atoms with Gasteiger partial charge in [0.2, 0.25) is 5.88 Å². The number of fused-ring (bicyclic) bond motifs is 1. The van der Waals surface area contributed by atoms with Gasteiger partial charge in [-0.2, -0.15) is 0 Å². The van der Waals surface area contributed by atoms with Gasteiger partial charge in [-0.05, 0) is 30.7 Å². The Kier molecular flexibility index (Phi) is 7.15. The van der Waals surface area contributed by atoms with E-state index in [1.165, 1.54) is 25.0 Å². The summed E-state index contributed by atoms with van der Waals surface area (Å²) in [7, 11) is 1.46. The number of aromatic amines is 1. The van der Waals surface area contributed by atoms with E-state index in [2.05, 4.69) is 35.8 Å². The van der Waals surface area contributed by atoms with Crippen LogP contribution in [0.5, 0.6) is 5.88 Å². The molecule has 9 nitrogen and oxygen atoms in total. The second-order valence-corrected chi connectivity index (χ2v) is 9.12. The monoisotopic (exact) mass is 509 g/mol. The van der Waals surface area contributed by atoms with Crippen LogP contribution in [0.4, 0.5) is 20.3 Å². The molecule has 0 saturated carbocycles. The van der Waals surface area contributed by atoms with E-state index in [1.54, 1.807) is 6.92 Å². The molecule has 2 aliphatic rings. The topological polar surface area (TPSA) is 107 Å². The molecule has 194 valence electrons. The Balaban J connectivity index is 1.39. The molecular weight excluding hydrogens is 480 g/mol. The van der Waals surface area contributed by atoms with Gasteiger partial charge in [-0.1, -0.05) is 12.1 Å². The van der Waals surface area contributed by atoms with Crippen LogP contribution in [0.3, 0.4) is 0 Å². The van der Waals surface area contributed by atoms with E-state index in [0.29, 0.717) is 11.4 Å². The van der Waals surface area contributed by atoms with E-state index in [1.807, 2.05) is 24.3 Å². The van der Waals surface area contributed by atoms with Crippen molar-refractivity contribution in [3.05, 3.63) is 70.5 Å². The lowest BCUT2D eigenvalue weighted by Crippen LogP contribution is -2.42. The zero-order valence-electron chi connectivity index (χ0n) is 20.7. The van der Waals surface area contributed by atoms with Crippen molar-refractivity contribution in [2.24, 2.45) is 0 Å². The van der Waals surface area contributed by atoms with Crippen molar-refractivity contribution in [1.82, 2.24) is 30.5 Å². The standard InChI is InChI=1S/C26H29F2N7O2/c1-15-11-18-22(28)20(12-19(27)23(18)33-15)37-26-21(25(36)29-2)24(31-14-32-26)34-17-5-3-16(4-6-17)13-35-9-7-30-8-10-35/h3-6,11,14,19,30,33H,7-10,12-13H2,1-2H3,(H,29,36)(H,31,32,34). The molecule has 3 heterocycles. The number of H-pyrrole nitrogens is 1. The maximum Gasteiger partial charge on any atom is 0.260 e. The summed E-state index contributed by atoms with van der Waals surface area (Å²) in [6, 6.07) is 9.37. The third-order valence-electron chi connectivity index (χ3n) is 6.46. The summed E-state index contributed by atoms with van der Waals surface area (Å²) in [5, 5.41) is 9.02. The largest absolute Gasteiger partial charge is 0.439 e. The van der Waals surface area contributed by atoms with Crippen LogP contribution in [0.25, 0.3) is 5.83 Å². The average Bonchev–Trinajstić information content (AvgIpc) is 3.31. The second-order valence-electron chi connectivity index (χ2n) is 9.12. The molecule has 4 N–H and O–H groups in total. The Labute approximate surface area is 213 Å². The molecule has 0 spiro atoms. The van der Waals surface area contributed by atoms with Gasteiger partial charge in [0.1, 0.15) is 23.8 Å². The Bertz CT molecular complexity index is 1320. The number of halogens is 2. The van der Waals surface area contributed by atoms with Crippen molar-refractivity contribution >= 4 is 23.2 Å². The summed E-state index contributed by atoms with van der Waals surface area (Å²) in [5.74, 6) is -1.43. The van der Waals surface area contributed by atoms with Crippen LogP contribution >= 0.6 is 0 Å². The molecule has 1 atom stereocenters. The minimum Gasteiger partial charge on any atom is -0.439 e. The number of hydrogen-bond donors (Lipinski definition) is 4. The molecule has 3 aromatic rings. The van der Waals surface area contributed by atoms with Crippen molar-refractivity contribution < 1.29 is 18.3 Å². The fourth-order valence-corrected chi connectivity index (χ4v) is 4.58. The van der Waals surface area contributed by atoms with Crippen molar-refractivity contribution in [2.45, 2.75) is 26.1 Å². The third-order valence-corrected chi connectivity index (χ3v) is 6.46. The predicted octanol–water partition coefficient (Wildman–Crippen LogP) is 3.75. The Morgan fingerprint density at radius 1 is 1.22 bits per heavy atom. The maximum absolute atomic E-state index is 15.2. The lowest BCUT2D eigenvalue weighted by molar-refractivity contribution is 0.0960. The number of rotatable bonds is 7. The van der Waals surface area contributed by atoms with E-state index in [4.69, 9.17) is 4.74 Å². The van der Waals surface area contributed by atoms with E-state index in [9.17, 15) is 9.18 Å². The molecule has 1 saturated heterocycles. The summed E-state index contributed by atoms with van der Waals surface area (Å²) >= 11 is 0. The maximum atomic E-state index is 15.2. The van der Waals surface area contributed by atoms with Crippen molar-refractivity contribution in [1.29, 1.82) is 0 Å². The third kappa shape index (κ3) is 5.32. The zero-order valence-corrected chi connectivity index (χ0v) is 20.7. The number of aryl methyl sites for hydroxylation is 1. The minimum atomic E-state index is -1.47. The SMILES string of the molecule is CNC(=O)c1c(Nc2ccc(CN3CCNCC3)cc2)ncnc1OC1=C(F)c2cc(C)[nH]c2C(F)C1. The molecule has 1 unspecified atom stereocenters. The number of piperazine rings is 1. The summed E-state index contributed by atoms with van der Waals surface area (Å²) in [6.45, 7) is 6.56. The fourth-order valence-electron chi connectivity index (χ4n) is 4.58. The van der Waals surface area contributed by atoms with Crippen molar-refractivity contribution in [3.8, 4) is 5.88 Å². The molecule has 1 amide bonds. The highest BCUT2D eigenvalue weighted by Gasteiger charge is 2.32. The second kappa shape index (κ2) is 10.7. The molecule has 5 rings (SSSR count). The van der Waals surface area contributed by atoms with Gasteiger partial charge in [-0.3, -0.25) is 9.69 Å². The first kappa shape index (κ1) is 24.8. The van der Waals surface area contributed by atoms with Crippen LogP contribution in [0.2, 0.25) is 0 Å². The number of amides is 1. The van der Waals surface area contributed by atoms with Crippen LogP contribution in [0, 0.1) is 6.92 Å². The highest BCUT2D eigenvalue weighted by molar-refractivity contribution is 6.01. The number of anilines is 2. The van der Waals surface area contributed by atoms with Gasteiger partial charge in [0.05, 0.1) is 5.69 Å². The highest BCUT2D eigenvalue weighted by atomic mass is 19.1. The zero-order chi connectivity index (χ0) is 25.9. The van der Waals surface area contributed by atoms with E-state index < -0.39 is 17.9 Å². The first-order valence-corrected chi connectivity index (χ1v) is 12.2. The van der Waals surface area contributed by atoms with Crippen LogP contribution in [0.1, 0.15) is 45.5 Å². The van der Waals surface area contributed by atoms with Gasteiger partial charge in [0.15, 0.2) is 11.6 Å². The quantitative estimate of drug-likeness (QED) is 0.384. The lowest BCUT2D eigenvalue weighted by atomic mass is 10.0. The highest BCUT2D eigenvalue weighted by Crippen LogP contribution is 2.41. The van der Waals surface area contributed by atoms with Crippen LogP contribution in [0.15, 0.2) is 42.4 Å². The van der Waals surface area contributed by atoms with Gasteiger partial charge in [-0.25, -0.2) is 18.7 Å². The molecule has 11 heteroatoms. The van der Waals surface area contributed by atoms with E-state index >= 15 is 4.39 Å². The Morgan fingerprint density at radius 3 is 2.70 bits per heavy atom. The van der Waals surface area contributed by atoms with Gasteiger partial charge < -0.3 is 25.7 Å². The average molecular weight is 510 g/mol. The molecule has 37 heavy (non-hydrogen) atoms. The van der Waals surface area contributed by atoms with Crippen LogP contribution in [-0.2, 0) is 6.54 Å². The predicted molar refractivity (Wildman–Crippen MR) is 136 cm³/mol. The number of hydrogen-bond acceptors (Lipinski definition) is 7. The Hall–Kier alpha value is -3.83. The van der Waals surface area contributed by atoms with Crippen LogP contribution < -0.4 is 20.7 Å². The molecule has 1 fully saturated rings. The molecule has 1 aliphatic carbocycles. The summed E-state index contributed by atoms with van der Waals surface area (Å²) in [4.78, 5) is 26.3. The summed E-state index contributed by atoms with van der Waals surface area (Å²) in [6.07, 6.45) is -0.586. The molecule has 1 aromatic carbocycles. The molecule has 0 bridgehead atoms. The van der Waals surface area contributed by atoms with Gasteiger partial charge in [0, 0.05) is 63.1 Å². The number of carbonyl (C=O) groups is 1. The van der Waals surface area contributed by atoms with E-state index in [-0.39, 0.29) is 40.7 Å². The number of alkyl halides is 1. The Morgan fingerprint density at radius 2 is 1.97 bits per heavy atom. The molecule has 2 aromatic heterocycles. The molecular formula is C26H29F2N7O2. The van der Waals surface area contributed by atoms with E-state index in [0.717, 1.165) is 32.7 Å². The summed E-state index contributed by atoms with van der Waals surface area (Å²) < 4.78 is 35.7. The number of nitrogens with one attached hydrogen (secondary N) is 4. The molecule has 0 radical (unpaired) electrons. The lowest BCUT2D eigenvalue weighted by Gasteiger charge is -2.27. The smallest absolute Gasteiger partial charge is 0.260 e. The minimum absolute atomic E-state index is 0.0124. The summed E-state index contributed by atoms with van der Waals surface area (Å²) in [5.41, 5.74) is 2.80. The van der Waals surface area contributed by atoms with Gasteiger partial charge in [0.25, 0.3) is 5.91 Å². The van der Waals surface area contributed by atoms with Crippen molar-refractivity contribution in [2.75, 3.05) is 38.5 Å². The number of carbonyl (C=O) groups excluding carboxylic acids is 1.